The van der Waals surface area contributed by atoms with E-state index in [0.717, 1.165) is 16.9 Å². The molecule has 0 unspecified atom stereocenters. The standard InChI is InChI=1S/C14H11ClN4O/c15-12-3-1-2-10(8-12)9-20-13-6-4-11(5-7-13)14-16-18-19-17-14/h1-8H,9H2,(H,16,17,18,19). The Balaban J connectivity index is 1.67. The van der Waals surface area contributed by atoms with E-state index in [4.69, 9.17) is 16.3 Å². The molecule has 1 N–H and O–H groups in total. The van der Waals surface area contributed by atoms with Crippen LogP contribution in [0.1, 0.15) is 5.56 Å². The van der Waals surface area contributed by atoms with Crippen LogP contribution < -0.4 is 4.74 Å². The predicted octanol–water partition coefficient (Wildman–Crippen LogP) is 3.10. The number of tetrazole rings is 1. The van der Waals surface area contributed by atoms with Gasteiger partial charge in [0.05, 0.1) is 0 Å². The van der Waals surface area contributed by atoms with Crippen molar-refractivity contribution in [3.8, 4) is 17.1 Å². The van der Waals surface area contributed by atoms with Crippen LogP contribution in [-0.4, -0.2) is 20.6 Å². The Labute approximate surface area is 120 Å². The first-order chi connectivity index (χ1) is 9.81. The van der Waals surface area contributed by atoms with E-state index in [2.05, 4.69) is 20.6 Å². The predicted molar refractivity (Wildman–Crippen MR) is 75.4 cm³/mol. The Hall–Kier alpha value is -2.40. The number of aromatic nitrogens is 4. The zero-order valence-corrected chi connectivity index (χ0v) is 11.2. The molecule has 2 aromatic carbocycles. The maximum absolute atomic E-state index is 5.93. The van der Waals surface area contributed by atoms with Gasteiger partial charge in [0.2, 0.25) is 0 Å². The molecule has 0 spiro atoms. The number of hydrogen-bond donors (Lipinski definition) is 1. The molecule has 1 aromatic heterocycles. The van der Waals surface area contributed by atoms with Crippen molar-refractivity contribution < 1.29 is 4.74 Å². The Bertz CT molecular complexity index is 683. The zero-order chi connectivity index (χ0) is 13.8. The highest BCUT2D eigenvalue weighted by Crippen LogP contribution is 2.19. The first-order valence-corrected chi connectivity index (χ1v) is 6.40. The smallest absolute Gasteiger partial charge is 0.179 e. The molecule has 0 bridgehead atoms. The van der Waals surface area contributed by atoms with Crippen molar-refractivity contribution in [2.75, 3.05) is 0 Å². The highest BCUT2D eigenvalue weighted by Gasteiger charge is 2.02. The third-order valence-corrected chi connectivity index (χ3v) is 3.00. The van der Waals surface area contributed by atoms with E-state index in [9.17, 15) is 0 Å². The third kappa shape index (κ3) is 2.95. The topological polar surface area (TPSA) is 63.7 Å². The average molecular weight is 287 g/mol. The largest absolute Gasteiger partial charge is 0.489 e. The van der Waals surface area contributed by atoms with Crippen molar-refractivity contribution in [1.82, 2.24) is 20.6 Å². The van der Waals surface area contributed by atoms with Crippen molar-refractivity contribution in [2.45, 2.75) is 6.61 Å². The first kappa shape index (κ1) is 12.6. The SMILES string of the molecule is Clc1cccc(COc2ccc(-c3nnn[nH]3)cc2)c1. The number of benzene rings is 2. The lowest BCUT2D eigenvalue weighted by atomic mass is 10.2. The van der Waals surface area contributed by atoms with Crippen molar-refractivity contribution >= 4 is 11.6 Å². The maximum Gasteiger partial charge on any atom is 0.179 e. The summed E-state index contributed by atoms with van der Waals surface area (Å²) >= 11 is 5.93. The lowest BCUT2D eigenvalue weighted by Gasteiger charge is -2.07. The van der Waals surface area contributed by atoms with Gasteiger partial charge in [0.1, 0.15) is 12.4 Å². The molecule has 0 saturated carbocycles. The summed E-state index contributed by atoms with van der Waals surface area (Å²) in [6, 6.07) is 15.2. The molecule has 0 aliphatic rings. The number of ether oxygens (including phenoxy) is 1. The van der Waals surface area contributed by atoms with Crippen LogP contribution in [0.25, 0.3) is 11.4 Å². The zero-order valence-electron chi connectivity index (χ0n) is 10.5. The lowest BCUT2D eigenvalue weighted by molar-refractivity contribution is 0.306. The minimum Gasteiger partial charge on any atom is -0.489 e. The molecule has 100 valence electrons. The number of rotatable bonds is 4. The summed E-state index contributed by atoms with van der Waals surface area (Å²) in [6.07, 6.45) is 0. The Morgan fingerprint density at radius 3 is 2.65 bits per heavy atom. The number of halogens is 1. The second-order valence-corrected chi connectivity index (χ2v) is 4.63. The van der Waals surface area contributed by atoms with Crippen LogP contribution >= 0.6 is 11.6 Å². The fraction of sp³-hybridized carbons (Fsp3) is 0.0714. The highest BCUT2D eigenvalue weighted by molar-refractivity contribution is 6.30. The summed E-state index contributed by atoms with van der Waals surface area (Å²) in [7, 11) is 0. The summed E-state index contributed by atoms with van der Waals surface area (Å²) in [5, 5.41) is 14.3. The number of hydrogen-bond acceptors (Lipinski definition) is 4. The molecular formula is C14H11ClN4O. The van der Waals surface area contributed by atoms with Crippen molar-refractivity contribution in [3.63, 3.8) is 0 Å². The molecule has 0 aliphatic carbocycles. The van der Waals surface area contributed by atoms with E-state index >= 15 is 0 Å². The molecule has 0 saturated heterocycles. The number of aromatic amines is 1. The molecule has 5 nitrogen and oxygen atoms in total. The van der Waals surface area contributed by atoms with Crippen LogP contribution in [-0.2, 0) is 6.61 Å². The summed E-state index contributed by atoms with van der Waals surface area (Å²) in [4.78, 5) is 0. The van der Waals surface area contributed by atoms with Crippen LogP contribution in [0.3, 0.4) is 0 Å². The van der Waals surface area contributed by atoms with E-state index in [0.29, 0.717) is 17.5 Å². The third-order valence-electron chi connectivity index (χ3n) is 2.77. The molecule has 3 aromatic rings. The molecule has 0 fully saturated rings. The molecular weight excluding hydrogens is 276 g/mol. The summed E-state index contributed by atoms with van der Waals surface area (Å²) < 4.78 is 5.70. The minimum absolute atomic E-state index is 0.476. The van der Waals surface area contributed by atoms with Crippen molar-refractivity contribution in [2.24, 2.45) is 0 Å². The van der Waals surface area contributed by atoms with Crippen LogP contribution in [0.15, 0.2) is 48.5 Å². The van der Waals surface area contributed by atoms with E-state index in [-0.39, 0.29) is 0 Å². The minimum atomic E-state index is 0.476. The summed E-state index contributed by atoms with van der Waals surface area (Å²) in [5.41, 5.74) is 1.94. The van der Waals surface area contributed by atoms with Gasteiger partial charge in [-0.05, 0) is 52.4 Å². The molecule has 0 radical (unpaired) electrons. The molecule has 1 heterocycles. The molecule has 0 amide bonds. The molecule has 0 atom stereocenters. The number of H-pyrrole nitrogens is 1. The van der Waals surface area contributed by atoms with Gasteiger partial charge in [-0.3, -0.25) is 0 Å². The van der Waals surface area contributed by atoms with E-state index in [1.807, 2.05) is 48.5 Å². The Kier molecular flexibility index (Phi) is 3.60. The fourth-order valence-corrected chi connectivity index (χ4v) is 2.00. The Morgan fingerprint density at radius 2 is 1.95 bits per heavy atom. The first-order valence-electron chi connectivity index (χ1n) is 6.03. The van der Waals surface area contributed by atoms with Crippen LogP contribution in [0.5, 0.6) is 5.75 Å². The van der Waals surface area contributed by atoms with Gasteiger partial charge in [0.15, 0.2) is 5.82 Å². The normalized spacial score (nSPS) is 10.4. The van der Waals surface area contributed by atoms with Gasteiger partial charge >= 0.3 is 0 Å². The van der Waals surface area contributed by atoms with Crippen molar-refractivity contribution in [1.29, 1.82) is 0 Å². The van der Waals surface area contributed by atoms with E-state index in [1.165, 1.54) is 0 Å². The van der Waals surface area contributed by atoms with Crippen LogP contribution in [0, 0.1) is 0 Å². The van der Waals surface area contributed by atoms with Gasteiger partial charge in [-0.25, -0.2) is 5.10 Å². The van der Waals surface area contributed by atoms with Gasteiger partial charge in [0.25, 0.3) is 0 Å². The molecule has 6 heteroatoms. The summed E-state index contributed by atoms with van der Waals surface area (Å²) in [5.74, 6) is 1.41. The fourth-order valence-electron chi connectivity index (χ4n) is 1.78. The van der Waals surface area contributed by atoms with E-state index < -0.39 is 0 Å². The van der Waals surface area contributed by atoms with Crippen molar-refractivity contribution in [3.05, 3.63) is 59.1 Å². The second-order valence-electron chi connectivity index (χ2n) is 4.19. The van der Waals surface area contributed by atoms with Gasteiger partial charge in [-0.1, -0.05) is 23.7 Å². The Morgan fingerprint density at radius 1 is 1.10 bits per heavy atom. The maximum atomic E-state index is 5.93. The van der Waals surface area contributed by atoms with Crippen LogP contribution in [0.2, 0.25) is 5.02 Å². The van der Waals surface area contributed by atoms with Crippen LogP contribution in [0.4, 0.5) is 0 Å². The second kappa shape index (κ2) is 5.71. The number of nitrogens with one attached hydrogen (secondary N) is 1. The summed E-state index contributed by atoms with van der Waals surface area (Å²) in [6.45, 7) is 0.476. The average Bonchev–Trinajstić information content (AvgIpc) is 3.00. The van der Waals surface area contributed by atoms with Gasteiger partial charge in [-0.15, -0.1) is 5.10 Å². The quantitative estimate of drug-likeness (QED) is 0.800. The van der Waals surface area contributed by atoms with Gasteiger partial charge < -0.3 is 4.74 Å². The lowest BCUT2D eigenvalue weighted by Crippen LogP contribution is -1.95. The number of nitrogens with zero attached hydrogens (tertiary/aromatic N) is 3. The van der Waals surface area contributed by atoms with E-state index in [1.54, 1.807) is 0 Å². The van der Waals surface area contributed by atoms with Gasteiger partial charge in [-0.2, -0.15) is 0 Å². The molecule has 20 heavy (non-hydrogen) atoms. The van der Waals surface area contributed by atoms with Gasteiger partial charge in [0, 0.05) is 10.6 Å². The highest BCUT2D eigenvalue weighted by atomic mass is 35.5. The monoisotopic (exact) mass is 286 g/mol. The molecule has 0 aliphatic heterocycles. The molecule has 3 rings (SSSR count).